The number of rotatable bonds is 2. The van der Waals surface area contributed by atoms with E-state index in [0.717, 1.165) is 31.6 Å². The van der Waals surface area contributed by atoms with Crippen molar-refractivity contribution < 1.29 is 0 Å². The number of halogens is 2. The Hall–Kier alpha value is -1.25. The molecule has 1 aromatic heterocycles. The SMILES string of the molecule is Clc1nccc(N2CCC(c3ccccc3)CC2)c1Cl. The molecule has 0 unspecified atom stereocenters. The molecule has 1 aliphatic heterocycles. The third-order valence-electron chi connectivity index (χ3n) is 3.93. The van der Waals surface area contributed by atoms with Crippen molar-refractivity contribution in [3.63, 3.8) is 0 Å². The summed E-state index contributed by atoms with van der Waals surface area (Å²) < 4.78 is 0. The van der Waals surface area contributed by atoms with Crippen LogP contribution in [-0.2, 0) is 0 Å². The van der Waals surface area contributed by atoms with Crippen molar-refractivity contribution in [1.82, 2.24) is 4.98 Å². The minimum atomic E-state index is 0.384. The number of aromatic nitrogens is 1. The molecule has 1 fully saturated rings. The summed E-state index contributed by atoms with van der Waals surface area (Å²) in [5.41, 5.74) is 2.43. The molecule has 20 heavy (non-hydrogen) atoms. The van der Waals surface area contributed by atoms with Crippen molar-refractivity contribution in [2.24, 2.45) is 0 Å². The summed E-state index contributed by atoms with van der Waals surface area (Å²) >= 11 is 12.2. The van der Waals surface area contributed by atoms with Crippen LogP contribution in [0, 0.1) is 0 Å². The van der Waals surface area contributed by atoms with Gasteiger partial charge in [0.2, 0.25) is 0 Å². The normalized spacial score (nSPS) is 16.4. The molecule has 0 N–H and O–H groups in total. The fourth-order valence-electron chi connectivity index (χ4n) is 2.83. The quantitative estimate of drug-likeness (QED) is 0.743. The van der Waals surface area contributed by atoms with E-state index in [9.17, 15) is 0 Å². The molecular weight excluding hydrogens is 291 g/mol. The van der Waals surface area contributed by atoms with Crippen LogP contribution in [0.15, 0.2) is 42.6 Å². The van der Waals surface area contributed by atoms with Crippen LogP contribution < -0.4 is 4.90 Å². The molecule has 2 aromatic rings. The second-order valence-corrected chi connectivity index (χ2v) is 5.84. The summed E-state index contributed by atoms with van der Waals surface area (Å²) in [6.07, 6.45) is 3.99. The van der Waals surface area contributed by atoms with Crippen LogP contribution in [-0.4, -0.2) is 18.1 Å². The van der Waals surface area contributed by atoms with Gasteiger partial charge in [0.05, 0.1) is 5.69 Å². The molecule has 0 radical (unpaired) electrons. The number of anilines is 1. The fourth-order valence-corrected chi connectivity index (χ4v) is 3.22. The van der Waals surface area contributed by atoms with E-state index in [1.54, 1.807) is 6.20 Å². The number of hydrogen-bond donors (Lipinski definition) is 0. The maximum Gasteiger partial charge on any atom is 0.149 e. The van der Waals surface area contributed by atoms with E-state index in [4.69, 9.17) is 23.2 Å². The van der Waals surface area contributed by atoms with Crippen LogP contribution in [0.4, 0.5) is 5.69 Å². The molecule has 0 saturated carbocycles. The van der Waals surface area contributed by atoms with Crippen LogP contribution in [0.5, 0.6) is 0 Å². The monoisotopic (exact) mass is 306 g/mol. The zero-order valence-corrected chi connectivity index (χ0v) is 12.6. The minimum absolute atomic E-state index is 0.384. The van der Waals surface area contributed by atoms with E-state index in [2.05, 4.69) is 40.2 Å². The Morgan fingerprint density at radius 3 is 2.40 bits per heavy atom. The topological polar surface area (TPSA) is 16.1 Å². The van der Waals surface area contributed by atoms with Crippen molar-refractivity contribution in [2.45, 2.75) is 18.8 Å². The lowest BCUT2D eigenvalue weighted by atomic mass is 9.89. The molecule has 4 heteroatoms. The lowest BCUT2D eigenvalue weighted by Gasteiger charge is -2.34. The lowest BCUT2D eigenvalue weighted by Crippen LogP contribution is -2.33. The van der Waals surface area contributed by atoms with Gasteiger partial charge >= 0.3 is 0 Å². The van der Waals surface area contributed by atoms with Gasteiger partial charge in [-0.1, -0.05) is 53.5 Å². The maximum absolute atomic E-state index is 6.24. The number of nitrogens with zero attached hydrogens (tertiary/aromatic N) is 2. The molecule has 1 saturated heterocycles. The van der Waals surface area contributed by atoms with Crippen molar-refractivity contribution >= 4 is 28.9 Å². The summed E-state index contributed by atoms with van der Waals surface area (Å²) in [5.74, 6) is 0.642. The molecule has 1 aliphatic rings. The molecule has 0 bridgehead atoms. The van der Waals surface area contributed by atoms with Gasteiger partial charge in [-0.3, -0.25) is 0 Å². The first-order valence-corrected chi connectivity index (χ1v) is 7.61. The highest BCUT2D eigenvalue weighted by Crippen LogP contribution is 2.35. The average Bonchev–Trinajstić information content (AvgIpc) is 2.51. The highest BCUT2D eigenvalue weighted by Gasteiger charge is 2.22. The number of piperidine rings is 1. The molecule has 0 amide bonds. The van der Waals surface area contributed by atoms with Gasteiger partial charge in [-0.05, 0) is 30.4 Å². The standard InChI is InChI=1S/C16H16Cl2N2/c17-15-14(6-9-19-16(15)18)20-10-7-13(8-11-20)12-4-2-1-3-5-12/h1-6,9,13H,7-8,10-11H2. The third-order valence-corrected chi connectivity index (χ3v) is 4.69. The van der Waals surface area contributed by atoms with Gasteiger partial charge in [-0.2, -0.15) is 0 Å². The van der Waals surface area contributed by atoms with Gasteiger partial charge in [-0.25, -0.2) is 4.98 Å². The van der Waals surface area contributed by atoms with Crippen LogP contribution >= 0.6 is 23.2 Å². The Bertz CT molecular complexity index is 578. The average molecular weight is 307 g/mol. The van der Waals surface area contributed by atoms with Crippen LogP contribution in [0.3, 0.4) is 0 Å². The highest BCUT2D eigenvalue weighted by atomic mass is 35.5. The fraction of sp³-hybridized carbons (Fsp3) is 0.312. The molecule has 0 spiro atoms. The molecule has 104 valence electrons. The molecule has 2 nitrogen and oxygen atoms in total. The predicted octanol–water partition coefficient (Wildman–Crippen LogP) is 4.77. The summed E-state index contributed by atoms with van der Waals surface area (Å²) in [4.78, 5) is 6.30. The van der Waals surface area contributed by atoms with Gasteiger partial charge in [0, 0.05) is 19.3 Å². The van der Waals surface area contributed by atoms with E-state index in [0.29, 0.717) is 16.1 Å². The molecule has 2 heterocycles. The smallest absolute Gasteiger partial charge is 0.149 e. The van der Waals surface area contributed by atoms with E-state index >= 15 is 0 Å². The lowest BCUT2D eigenvalue weighted by molar-refractivity contribution is 0.505. The van der Waals surface area contributed by atoms with Crippen LogP contribution in [0.1, 0.15) is 24.3 Å². The molecular formula is C16H16Cl2N2. The Balaban J connectivity index is 1.71. The van der Waals surface area contributed by atoms with Crippen LogP contribution in [0.25, 0.3) is 0 Å². The first kappa shape index (κ1) is 13.7. The van der Waals surface area contributed by atoms with Crippen LogP contribution in [0.2, 0.25) is 10.2 Å². The van der Waals surface area contributed by atoms with E-state index in [-0.39, 0.29) is 0 Å². The van der Waals surface area contributed by atoms with Gasteiger partial charge in [0.25, 0.3) is 0 Å². The second kappa shape index (κ2) is 6.02. The molecule has 3 rings (SSSR count). The van der Waals surface area contributed by atoms with Gasteiger partial charge < -0.3 is 4.90 Å². The minimum Gasteiger partial charge on any atom is -0.370 e. The Labute approximate surface area is 129 Å². The summed E-state index contributed by atoms with van der Waals surface area (Å²) in [6, 6.07) is 12.7. The molecule has 1 aromatic carbocycles. The third kappa shape index (κ3) is 2.77. The molecule has 0 atom stereocenters. The zero-order chi connectivity index (χ0) is 13.9. The first-order valence-electron chi connectivity index (χ1n) is 6.85. The number of hydrogen-bond acceptors (Lipinski definition) is 2. The van der Waals surface area contributed by atoms with E-state index in [1.807, 2.05) is 6.07 Å². The summed E-state index contributed by atoms with van der Waals surface area (Å²) in [7, 11) is 0. The van der Waals surface area contributed by atoms with Gasteiger partial charge in [0.1, 0.15) is 10.2 Å². The number of pyridine rings is 1. The molecule has 0 aliphatic carbocycles. The largest absolute Gasteiger partial charge is 0.370 e. The van der Waals surface area contributed by atoms with Crippen molar-refractivity contribution in [3.8, 4) is 0 Å². The summed E-state index contributed by atoms with van der Waals surface area (Å²) in [6.45, 7) is 2.00. The maximum atomic E-state index is 6.24. The first-order chi connectivity index (χ1) is 9.75. The zero-order valence-electron chi connectivity index (χ0n) is 11.1. The van der Waals surface area contributed by atoms with E-state index < -0.39 is 0 Å². The Morgan fingerprint density at radius 2 is 1.70 bits per heavy atom. The number of benzene rings is 1. The Morgan fingerprint density at radius 1 is 1.00 bits per heavy atom. The van der Waals surface area contributed by atoms with Crippen molar-refractivity contribution in [3.05, 3.63) is 58.3 Å². The summed E-state index contributed by atoms with van der Waals surface area (Å²) in [5, 5.41) is 0.946. The van der Waals surface area contributed by atoms with Gasteiger partial charge in [-0.15, -0.1) is 0 Å². The van der Waals surface area contributed by atoms with Crippen molar-refractivity contribution in [1.29, 1.82) is 0 Å². The van der Waals surface area contributed by atoms with E-state index in [1.165, 1.54) is 5.56 Å². The highest BCUT2D eigenvalue weighted by molar-refractivity contribution is 6.42. The second-order valence-electron chi connectivity index (χ2n) is 5.11. The van der Waals surface area contributed by atoms with Gasteiger partial charge in [0.15, 0.2) is 0 Å². The predicted molar refractivity (Wildman–Crippen MR) is 84.9 cm³/mol. The van der Waals surface area contributed by atoms with Crippen molar-refractivity contribution in [2.75, 3.05) is 18.0 Å². The Kier molecular flexibility index (Phi) is 4.13.